The molecule has 1 heterocycles. The highest BCUT2D eigenvalue weighted by atomic mass is 16.5. The lowest BCUT2D eigenvalue weighted by molar-refractivity contribution is -0.00461. The molecule has 20 heavy (non-hydrogen) atoms. The van der Waals surface area contributed by atoms with Gasteiger partial charge in [-0.3, -0.25) is 4.79 Å². The van der Waals surface area contributed by atoms with Crippen LogP contribution in [-0.2, 0) is 9.47 Å². The van der Waals surface area contributed by atoms with Crippen LogP contribution in [0.15, 0.2) is 24.3 Å². The number of amides is 1. The van der Waals surface area contributed by atoms with Gasteiger partial charge in [-0.2, -0.15) is 0 Å². The molecule has 1 aromatic rings. The average molecular weight is 279 g/mol. The van der Waals surface area contributed by atoms with Crippen molar-refractivity contribution in [2.45, 2.75) is 12.2 Å². The predicted octanol–water partition coefficient (Wildman–Crippen LogP) is 0.871. The normalized spacial score (nSPS) is 22.0. The molecule has 0 aromatic heterocycles. The SMILES string of the molecule is COC1CN(C(=O)c2ccc(C(=O)O)cc2)CC1OC. The van der Waals surface area contributed by atoms with E-state index in [-0.39, 0.29) is 23.7 Å². The van der Waals surface area contributed by atoms with Crippen LogP contribution in [-0.4, -0.2) is 61.4 Å². The second-order valence-electron chi connectivity index (χ2n) is 4.64. The molecular formula is C14H17NO5. The van der Waals surface area contributed by atoms with E-state index in [1.807, 2.05) is 0 Å². The lowest BCUT2D eigenvalue weighted by atomic mass is 10.1. The van der Waals surface area contributed by atoms with Gasteiger partial charge in [0.2, 0.25) is 0 Å². The second kappa shape index (κ2) is 6.02. The zero-order valence-electron chi connectivity index (χ0n) is 11.4. The summed E-state index contributed by atoms with van der Waals surface area (Å²) in [5, 5.41) is 8.83. The Kier molecular flexibility index (Phi) is 4.36. The van der Waals surface area contributed by atoms with Crippen LogP contribution in [0.25, 0.3) is 0 Å². The smallest absolute Gasteiger partial charge is 0.335 e. The van der Waals surface area contributed by atoms with Crippen LogP contribution < -0.4 is 0 Å². The van der Waals surface area contributed by atoms with Crippen molar-refractivity contribution in [3.05, 3.63) is 35.4 Å². The largest absolute Gasteiger partial charge is 0.478 e. The quantitative estimate of drug-likeness (QED) is 0.885. The Labute approximate surface area is 116 Å². The number of ether oxygens (including phenoxy) is 2. The number of carbonyl (C=O) groups is 2. The molecule has 6 heteroatoms. The standard InChI is InChI=1S/C14H17NO5/c1-19-11-7-15(8-12(11)20-2)13(16)9-3-5-10(6-4-9)14(17)18/h3-6,11-12H,7-8H2,1-2H3,(H,17,18). The van der Waals surface area contributed by atoms with Crippen LogP contribution in [0.1, 0.15) is 20.7 Å². The van der Waals surface area contributed by atoms with Gasteiger partial charge in [-0.15, -0.1) is 0 Å². The monoisotopic (exact) mass is 279 g/mol. The first-order chi connectivity index (χ1) is 9.56. The number of carbonyl (C=O) groups excluding carboxylic acids is 1. The van der Waals surface area contributed by atoms with Gasteiger partial charge in [0.05, 0.1) is 5.56 Å². The fourth-order valence-corrected chi connectivity index (χ4v) is 2.30. The first kappa shape index (κ1) is 14.5. The van der Waals surface area contributed by atoms with E-state index in [1.165, 1.54) is 24.3 Å². The van der Waals surface area contributed by atoms with Gasteiger partial charge in [-0.1, -0.05) is 0 Å². The van der Waals surface area contributed by atoms with Crippen molar-refractivity contribution in [1.82, 2.24) is 4.90 Å². The van der Waals surface area contributed by atoms with Gasteiger partial charge in [0, 0.05) is 32.9 Å². The van der Waals surface area contributed by atoms with E-state index >= 15 is 0 Å². The molecule has 0 spiro atoms. The molecule has 2 unspecified atom stereocenters. The maximum absolute atomic E-state index is 12.3. The molecule has 0 aliphatic carbocycles. The predicted molar refractivity (Wildman–Crippen MR) is 70.9 cm³/mol. The van der Waals surface area contributed by atoms with E-state index in [0.29, 0.717) is 18.7 Å². The Balaban J connectivity index is 2.10. The minimum atomic E-state index is -1.01. The topological polar surface area (TPSA) is 76.1 Å². The van der Waals surface area contributed by atoms with Crippen LogP contribution in [0.3, 0.4) is 0 Å². The second-order valence-corrected chi connectivity index (χ2v) is 4.64. The highest BCUT2D eigenvalue weighted by molar-refractivity contribution is 5.96. The molecule has 0 saturated carbocycles. The zero-order chi connectivity index (χ0) is 14.7. The van der Waals surface area contributed by atoms with Crippen molar-refractivity contribution < 1.29 is 24.2 Å². The Morgan fingerprint density at radius 2 is 1.50 bits per heavy atom. The maximum atomic E-state index is 12.3. The third kappa shape index (κ3) is 2.81. The van der Waals surface area contributed by atoms with Crippen molar-refractivity contribution in [3.8, 4) is 0 Å². The molecule has 1 aliphatic heterocycles. The lowest BCUT2D eigenvalue weighted by Gasteiger charge is -2.15. The average Bonchev–Trinajstić information content (AvgIpc) is 2.89. The van der Waals surface area contributed by atoms with E-state index < -0.39 is 5.97 Å². The minimum absolute atomic E-state index is 0.137. The summed E-state index contributed by atoms with van der Waals surface area (Å²) in [6.45, 7) is 0.934. The number of hydrogen-bond donors (Lipinski definition) is 1. The van der Waals surface area contributed by atoms with Crippen LogP contribution in [0, 0.1) is 0 Å². The summed E-state index contributed by atoms with van der Waals surface area (Å²) in [4.78, 5) is 24.7. The molecule has 6 nitrogen and oxygen atoms in total. The van der Waals surface area contributed by atoms with Gasteiger partial charge >= 0.3 is 5.97 Å². The molecule has 2 atom stereocenters. The van der Waals surface area contributed by atoms with Crippen molar-refractivity contribution >= 4 is 11.9 Å². The highest BCUT2D eigenvalue weighted by Gasteiger charge is 2.35. The zero-order valence-corrected chi connectivity index (χ0v) is 11.4. The molecule has 1 fully saturated rings. The summed E-state index contributed by atoms with van der Waals surface area (Å²) in [5.41, 5.74) is 0.620. The van der Waals surface area contributed by atoms with Gasteiger partial charge in [0.15, 0.2) is 0 Å². The van der Waals surface area contributed by atoms with E-state index in [9.17, 15) is 9.59 Å². The number of benzene rings is 1. The molecule has 1 aromatic carbocycles. The number of hydrogen-bond acceptors (Lipinski definition) is 4. The van der Waals surface area contributed by atoms with Crippen molar-refractivity contribution in [1.29, 1.82) is 0 Å². The molecule has 0 radical (unpaired) electrons. The number of aromatic carboxylic acids is 1. The third-order valence-electron chi connectivity index (χ3n) is 3.49. The molecule has 108 valence electrons. The van der Waals surface area contributed by atoms with Crippen molar-refractivity contribution in [3.63, 3.8) is 0 Å². The summed E-state index contributed by atoms with van der Waals surface area (Å²) in [6.07, 6.45) is -0.274. The molecule has 2 rings (SSSR count). The van der Waals surface area contributed by atoms with Gasteiger partial charge in [-0.25, -0.2) is 4.79 Å². The Bertz CT molecular complexity index is 487. The fraction of sp³-hybridized carbons (Fsp3) is 0.429. The number of likely N-dealkylation sites (tertiary alicyclic amines) is 1. The van der Waals surface area contributed by atoms with E-state index in [1.54, 1.807) is 19.1 Å². The maximum Gasteiger partial charge on any atom is 0.335 e. The van der Waals surface area contributed by atoms with E-state index in [4.69, 9.17) is 14.6 Å². The number of rotatable bonds is 4. The molecule has 1 amide bonds. The highest BCUT2D eigenvalue weighted by Crippen LogP contribution is 2.18. The number of nitrogens with zero attached hydrogens (tertiary/aromatic N) is 1. The first-order valence-corrected chi connectivity index (χ1v) is 6.25. The lowest BCUT2D eigenvalue weighted by Crippen LogP contribution is -2.30. The number of methoxy groups -OCH3 is 2. The van der Waals surface area contributed by atoms with Crippen LogP contribution in [0.4, 0.5) is 0 Å². The van der Waals surface area contributed by atoms with Crippen LogP contribution in [0.2, 0.25) is 0 Å². The van der Waals surface area contributed by atoms with Crippen molar-refractivity contribution in [2.75, 3.05) is 27.3 Å². The van der Waals surface area contributed by atoms with E-state index in [0.717, 1.165) is 0 Å². The van der Waals surface area contributed by atoms with Crippen molar-refractivity contribution in [2.24, 2.45) is 0 Å². The molecule has 1 saturated heterocycles. The summed E-state index contributed by atoms with van der Waals surface area (Å²) in [5.74, 6) is -1.16. The van der Waals surface area contributed by atoms with Gasteiger partial charge in [0.25, 0.3) is 5.91 Å². The molecule has 0 bridgehead atoms. The van der Waals surface area contributed by atoms with E-state index in [2.05, 4.69) is 0 Å². The summed E-state index contributed by atoms with van der Waals surface area (Å²) in [6, 6.07) is 5.89. The Hall–Kier alpha value is -1.92. The number of carboxylic acid groups (broad SMARTS) is 1. The van der Waals surface area contributed by atoms with Crippen LogP contribution >= 0.6 is 0 Å². The summed E-state index contributed by atoms with van der Waals surface area (Å²) < 4.78 is 10.6. The van der Waals surface area contributed by atoms with Gasteiger partial charge in [0.1, 0.15) is 12.2 Å². The first-order valence-electron chi connectivity index (χ1n) is 6.25. The summed E-state index contributed by atoms with van der Waals surface area (Å²) >= 11 is 0. The van der Waals surface area contributed by atoms with Gasteiger partial charge < -0.3 is 19.5 Å². The van der Waals surface area contributed by atoms with Crippen LogP contribution in [0.5, 0.6) is 0 Å². The Morgan fingerprint density at radius 3 is 1.90 bits per heavy atom. The third-order valence-corrected chi connectivity index (χ3v) is 3.49. The minimum Gasteiger partial charge on any atom is -0.478 e. The molecule has 1 N–H and O–H groups in total. The molecule has 1 aliphatic rings. The Morgan fingerprint density at radius 1 is 1.05 bits per heavy atom. The molecular weight excluding hydrogens is 262 g/mol. The number of carboxylic acids is 1. The summed E-state index contributed by atoms with van der Waals surface area (Å²) in [7, 11) is 3.18. The van der Waals surface area contributed by atoms with Gasteiger partial charge in [-0.05, 0) is 24.3 Å². The fourth-order valence-electron chi connectivity index (χ4n) is 2.30.